The number of aromatic nitrogens is 1. The number of likely N-dealkylation sites (tertiary alicyclic amines) is 1. The standard InChI is InChI=1S/C21H25N3O2/c1-2-23(16-17-9-5-3-6-10-17)20(25)18-13-19(15-22-14-18)21(26)24-11-7-4-8-12-24/h3,5-6,9-10,13-15H,2,4,7-8,11-12,16H2,1H3. The molecule has 1 aliphatic rings. The largest absolute Gasteiger partial charge is 0.339 e. The summed E-state index contributed by atoms with van der Waals surface area (Å²) in [7, 11) is 0. The third-order valence-electron chi connectivity index (χ3n) is 4.76. The van der Waals surface area contributed by atoms with Crippen molar-refractivity contribution < 1.29 is 9.59 Å². The first-order chi connectivity index (χ1) is 12.7. The normalized spacial score (nSPS) is 14.1. The molecule has 0 unspecified atom stereocenters. The van der Waals surface area contributed by atoms with E-state index < -0.39 is 0 Å². The molecule has 5 nitrogen and oxygen atoms in total. The zero-order valence-electron chi connectivity index (χ0n) is 15.2. The molecular formula is C21H25N3O2. The highest BCUT2D eigenvalue weighted by Crippen LogP contribution is 2.15. The molecule has 5 heteroatoms. The molecule has 1 aromatic heterocycles. The smallest absolute Gasteiger partial charge is 0.255 e. The van der Waals surface area contributed by atoms with E-state index in [1.54, 1.807) is 23.4 Å². The molecule has 0 spiro atoms. The number of pyridine rings is 1. The van der Waals surface area contributed by atoms with Gasteiger partial charge >= 0.3 is 0 Å². The van der Waals surface area contributed by atoms with Gasteiger partial charge < -0.3 is 9.80 Å². The van der Waals surface area contributed by atoms with Crippen LogP contribution in [0.25, 0.3) is 0 Å². The predicted molar refractivity (Wildman–Crippen MR) is 101 cm³/mol. The fourth-order valence-electron chi connectivity index (χ4n) is 3.27. The minimum atomic E-state index is -0.0999. The Balaban J connectivity index is 1.75. The number of nitrogens with zero attached hydrogens (tertiary/aromatic N) is 3. The van der Waals surface area contributed by atoms with Crippen LogP contribution < -0.4 is 0 Å². The number of carbonyl (C=O) groups excluding carboxylic acids is 2. The van der Waals surface area contributed by atoms with Crippen LogP contribution in [0.3, 0.4) is 0 Å². The van der Waals surface area contributed by atoms with Crippen molar-refractivity contribution in [3.05, 3.63) is 65.5 Å². The van der Waals surface area contributed by atoms with Gasteiger partial charge in [0.05, 0.1) is 11.1 Å². The Morgan fingerprint density at radius 1 is 1.04 bits per heavy atom. The van der Waals surface area contributed by atoms with Crippen LogP contribution in [-0.2, 0) is 6.54 Å². The summed E-state index contributed by atoms with van der Waals surface area (Å²) in [5, 5.41) is 0. The van der Waals surface area contributed by atoms with Crippen molar-refractivity contribution in [3.63, 3.8) is 0 Å². The number of piperidine rings is 1. The highest BCUT2D eigenvalue weighted by Gasteiger charge is 2.21. The van der Waals surface area contributed by atoms with E-state index in [4.69, 9.17) is 0 Å². The van der Waals surface area contributed by atoms with Crippen LogP contribution in [0, 0.1) is 0 Å². The number of benzene rings is 1. The Morgan fingerprint density at radius 3 is 2.42 bits per heavy atom. The number of hydrogen-bond acceptors (Lipinski definition) is 3. The highest BCUT2D eigenvalue weighted by atomic mass is 16.2. The maximum Gasteiger partial charge on any atom is 0.255 e. The van der Waals surface area contributed by atoms with Crippen molar-refractivity contribution in [1.82, 2.24) is 14.8 Å². The Labute approximate surface area is 154 Å². The van der Waals surface area contributed by atoms with Crippen LogP contribution in [0.5, 0.6) is 0 Å². The van der Waals surface area contributed by atoms with E-state index in [9.17, 15) is 9.59 Å². The van der Waals surface area contributed by atoms with Gasteiger partial charge in [0.25, 0.3) is 11.8 Å². The first kappa shape index (κ1) is 18.1. The van der Waals surface area contributed by atoms with Gasteiger partial charge in [-0.1, -0.05) is 30.3 Å². The van der Waals surface area contributed by atoms with E-state index in [0.29, 0.717) is 24.2 Å². The zero-order chi connectivity index (χ0) is 18.4. The Morgan fingerprint density at radius 2 is 1.73 bits per heavy atom. The molecule has 0 N–H and O–H groups in total. The Kier molecular flexibility index (Phi) is 6.00. The average Bonchev–Trinajstić information content (AvgIpc) is 2.72. The van der Waals surface area contributed by atoms with Crippen molar-refractivity contribution in [1.29, 1.82) is 0 Å². The molecule has 1 saturated heterocycles. The van der Waals surface area contributed by atoms with Crippen LogP contribution in [0.1, 0.15) is 52.5 Å². The molecule has 0 aliphatic carbocycles. The van der Waals surface area contributed by atoms with E-state index in [2.05, 4.69) is 4.98 Å². The summed E-state index contributed by atoms with van der Waals surface area (Å²) in [5.41, 5.74) is 2.04. The number of amides is 2. The molecular weight excluding hydrogens is 326 g/mol. The molecule has 2 amide bonds. The van der Waals surface area contributed by atoms with Gasteiger partial charge in [0.15, 0.2) is 0 Å². The molecule has 26 heavy (non-hydrogen) atoms. The number of hydrogen-bond donors (Lipinski definition) is 0. The topological polar surface area (TPSA) is 53.5 Å². The minimum Gasteiger partial charge on any atom is -0.339 e. The third-order valence-corrected chi connectivity index (χ3v) is 4.76. The van der Waals surface area contributed by atoms with E-state index >= 15 is 0 Å². The molecule has 0 atom stereocenters. The summed E-state index contributed by atoms with van der Waals surface area (Å²) in [6, 6.07) is 11.6. The molecule has 2 aromatic rings. The molecule has 1 fully saturated rings. The van der Waals surface area contributed by atoms with Gasteiger partial charge in [-0.25, -0.2) is 0 Å². The summed E-state index contributed by atoms with van der Waals surface area (Å²) in [5.74, 6) is -0.130. The summed E-state index contributed by atoms with van der Waals surface area (Å²) < 4.78 is 0. The van der Waals surface area contributed by atoms with Gasteiger partial charge in [-0.15, -0.1) is 0 Å². The van der Waals surface area contributed by atoms with Crippen LogP contribution in [-0.4, -0.2) is 46.2 Å². The van der Waals surface area contributed by atoms with Crippen molar-refractivity contribution in [2.24, 2.45) is 0 Å². The van der Waals surface area contributed by atoms with Gasteiger partial charge in [-0.05, 0) is 37.8 Å². The van der Waals surface area contributed by atoms with E-state index in [-0.39, 0.29) is 11.8 Å². The van der Waals surface area contributed by atoms with Gasteiger partial charge in [0.2, 0.25) is 0 Å². The van der Waals surface area contributed by atoms with Crippen LogP contribution in [0.2, 0.25) is 0 Å². The zero-order valence-corrected chi connectivity index (χ0v) is 15.2. The fraction of sp³-hybridized carbons (Fsp3) is 0.381. The lowest BCUT2D eigenvalue weighted by Gasteiger charge is -2.27. The molecule has 3 rings (SSSR count). The first-order valence-corrected chi connectivity index (χ1v) is 9.26. The molecule has 0 bridgehead atoms. The van der Waals surface area contributed by atoms with Crippen molar-refractivity contribution in [3.8, 4) is 0 Å². The number of rotatable bonds is 5. The molecule has 0 saturated carbocycles. The predicted octanol–water partition coefficient (Wildman–Crippen LogP) is 3.37. The average molecular weight is 351 g/mol. The molecule has 2 heterocycles. The maximum absolute atomic E-state index is 12.9. The summed E-state index contributed by atoms with van der Waals surface area (Å²) in [6.45, 7) is 4.66. The van der Waals surface area contributed by atoms with E-state index in [1.807, 2.05) is 42.2 Å². The van der Waals surface area contributed by atoms with Gasteiger partial charge in [-0.3, -0.25) is 14.6 Å². The lowest BCUT2D eigenvalue weighted by molar-refractivity contribution is 0.0723. The quantitative estimate of drug-likeness (QED) is 0.830. The van der Waals surface area contributed by atoms with Crippen LogP contribution >= 0.6 is 0 Å². The van der Waals surface area contributed by atoms with Crippen molar-refractivity contribution >= 4 is 11.8 Å². The van der Waals surface area contributed by atoms with Gasteiger partial charge in [-0.2, -0.15) is 0 Å². The first-order valence-electron chi connectivity index (χ1n) is 9.26. The molecule has 0 radical (unpaired) electrons. The van der Waals surface area contributed by atoms with E-state index in [0.717, 1.165) is 31.5 Å². The van der Waals surface area contributed by atoms with Crippen molar-refractivity contribution in [2.75, 3.05) is 19.6 Å². The maximum atomic E-state index is 12.9. The lowest BCUT2D eigenvalue weighted by atomic mass is 10.1. The monoisotopic (exact) mass is 351 g/mol. The fourth-order valence-corrected chi connectivity index (χ4v) is 3.27. The van der Waals surface area contributed by atoms with Crippen LogP contribution in [0.15, 0.2) is 48.8 Å². The molecule has 136 valence electrons. The van der Waals surface area contributed by atoms with Gasteiger partial charge in [0.1, 0.15) is 0 Å². The Bertz CT molecular complexity index is 755. The minimum absolute atomic E-state index is 0.0297. The van der Waals surface area contributed by atoms with E-state index in [1.165, 1.54) is 6.42 Å². The summed E-state index contributed by atoms with van der Waals surface area (Å²) >= 11 is 0. The third kappa shape index (κ3) is 4.28. The molecule has 1 aromatic carbocycles. The highest BCUT2D eigenvalue weighted by molar-refractivity contribution is 5.99. The van der Waals surface area contributed by atoms with Crippen LogP contribution in [0.4, 0.5) is 0 Å². The SMILES string of the molecule is CCN(Cc1ccccc1)C(=O)c1cncc(C(=O)N2CCCCC2)c1. The number of carbonyl (C=O) groups is 2. The summed E-state index contributed by atoms with van der Waals surface area (Å²) in [4.78, 5) is 33.3. The Hall–Kier alpha value is -2.69. The molecule has 1 aliphatic heterocycles. The second kappa shape index (κ2) is 8.61. The summed E-state index contributed by atoms with van der Waals surface area (Å²) in [6.07, 6.45) is 6.35. The second-order valence-corrected chi connectivity index (χ2v) is 6.62. The van der Waals surface area contributed by atoms with Gasteiger partial charge in [0, 0.05) is 38.6 Å². The lowest BCUT2D eigenvalue weighted by Crippen LogP contribution is -2.36. The second-order valence-electron chi connectivity index (χ2n) is 6.62. The van der Waals surface area contributed by atoms with Crippen molar-refractivity contribution in [2.45, 2.75) is 32.7 Å².